The van der Waals surface area contributed by atoms with Gasteiger partial charge in [-0.25, -0.2) is 4.98 Å². The Morgan fingerprint density at radius 1 is 1.10 bits per heavy atom. The summed E-state index contributed by atoms with van der Waals surface area (Å²) in [6, 6.07) is 12.1. The standard InChI is InChI=1S/C20H15Cl2N5OS/c1-11-3-5-13(6-4-11)17-10-29-20(23-17)27-19(28)18(12(2)26-27)25-24-16-8-7-14(21)9-15(16)22/h3-10,18H,1-2H3/t18-/m0/s1. The summed E-state index contributed by atoms with van der Waals surface area (Å²) in [4.78, 5) is 17.4. The average molecular weight is 444 g/mol. The highest BCUT2D eigenvalue weighted by Crippen LogP contribution is 2.32. The van der Waals surface area contributed by atoms with Crippen LogP contribution in [-0.2, 0) is 4.79 Å². The number of azo groups is 1. The van der Waals surface area contributed by atoms with Crippen LogP contribution in [-0.4, -0.2) is 22.6 Å². The lowest BCUT2D eigenvalue weighted by Crippen LogP contribution is -2.29. The molecular weight excluding hydrogens is 429 g/mol. The minimum atomic E-state index is -0.812. The van der Waals surface area contributed by atoms with Gasteiger partial charge in [-0.2, -0.15) is 20.3 Å². The van der Waals surface area contributed by atoms with E-state index in [2.05, 4.69) is 20.3 Å². The number of aryl methyl sites for hydroxylation is 1. The monoisotopic (exact) mass is 443 g/mol. The van der Waals surface area contributed by atoms with Crippen LogP contribution >= 0.6 is 34.5 Å². The molecule has 1 aliphatic heterocycles. The quantitative estimate of drug-likeness (QED) is 0.443. The van der Waals surface area contributed by atoms with Crippen LogP contribution in [0.15, 0.2) is 63.2 Å². The minimum Gasteiger partial charge on any atom is -0.269 e. The van der Waals surface area contributed by atoms with Crippen LogP contribution in [0, 0.1) is 6.92 Å². The lowest BCUT2D eigenvalue weighted by molar-refractivity contribution is -0.117. The van der Waals surface area contributed by atoms with Gasteiger partial charge in [0.25, 0.3) is 5.91 Å². The SMILES string of the molecule is CC1=NN(c2nc(-c3ccc(C)cc3)cs2)C(=O)[C@H]1N=Nc1ccc(Cl)cc1Cl. The second-order valence-corrected chi connectivity index (χ2v) is 8.17. The van der Waals surface area contributed by atoms with E-state index in [0.29, 0.717) is 26.6 Å². The third kappa shape index (κ3) is 4.07. The first-order chi connectivity index (χ1) is 13.9. The van der Waals surface area contributed by atoms with Gasteiger partial charge >= 0.3 is 0 Å². The predicted molar refractivity (Wildman–Crippen MR) is 118 cm³/mol. The highest BCUT2D eigenvalue weighted by Gasteiger charge is 2.36. The fourth-order valence-electron chi connectivity index (χ4n) is 2.73. The number of amides is 1. The van der Waals surface area contributed by atoms with Crippen molar-refractivity contribution in [3.63, 3.8) is 0 Å². The summed E-state index contributed by atoms with van der Waals surface area (Å²) >= 11 is 13.4. The Morgan fingerprint density at radius 2 is 1.86 bits per heavy atom. The Labute approximate surface area is 181 Å². The summed E-state index contributed by atoms with van der Waals surface area (Å²) in [5.41, 5.74) is 3.93. The summed E-state index contributed by atoms with van der Waals surface area (Å²) in [7, 11) is 0. The lowest BCUT2D eigenvalue weighted by Gasteiger charge is -2.08. The zero-order valence-electron chi connectivity index (χ0n) is 15.5. The van der Waals surface area contributed by atoms with Crippen molar-refractivity contribution in [2.24, 2.45) is 15.3 Å². The molecule has 6 nitrogen and oxygen atoms in total. The summed E-state index contributed by atoms with van der Waals surface area (Å²) in [5, 5.41) is 17.1. The summed E-state index contributed by atoms with van der Waals surface area (Å²) < 4.78 is 0. The number of thiazole rings is 1. The molecule has 1 aliphatic rings. The van der Waals surface area contributed by atoms with E-state index in [-0.39, 0.29) is 5.91 Å². The van der Waals surface area contributed by atoms with Gasteiger partial charge in [0.1, 0.15) is 5.69 Å². The number of carbonyl (C=O) groups is 1. The van der Waals surface area contributed by atoms with Gasteiger partial charge in [0, 0.05) is 16.0 Å². The Kier molecular flexibility index (Phi) is 5.45. The molecule has 1 aromatic heterocycles. The third-order valence-electron chi connectivity index (χ3n) is 4.31. The molecule has 2 aromatic carbocycles. The molecule has 0 N–H and O–H groups in total. The predicted octanol–water partition coefficient (Wildman–Crippen LogP) is 6.30. The third-order valence-corrected chi connectivity index (χ3v) is 5.66. The summed E-state index contributed by atoms with van der Waals surface area (Å²) in [5.74, 6) is -0.304. The van der Waals surface area contributed by atoms with Crippen molar-refractivity contribution in [1.82, 2.24) is 4.98 Å². The molecule has 1 amide bonds. The smallest absolute Gasteiger partial charge is 0.269 e. The second kappa shape index (κ2) is 8.02. The number of hydrazone groups is 1. The van der Waals surface area contributed by atoms with Gasteiger partial charge < -0.3 is 0 Å². The Hall–Kier alpha value is -2.61. The average Bonchev–Trinajstić information content (AvgIpc) is 3.27. The number of hydrogen-bond donors (Lipinski definition) is 0. The molecule has 0 aliphatic carbocycles. The van der Waals surface area contributed by atoms with Gasteiger partial charge in [-0.05, 0) is 32.0 Å². The van der Waals surface area contributed by atoms with E-state index in [1.165, 1.54) is 21.9 Å². The first kappa shape index (κ1) is 19.7. The molecule has 1 atom stereocenters. The van der Waals surface area contributed by atoms with Gasteiger partial charge in [-0.1, -0.05) is 53.0 Å². The van der Waals surface area contributed by atoms with Crippen LogP contribution in [0.4, 0.5) is 10.8 Å². The number of halogens is 2. The van der Waals surface area contributed by atoms with Crippen molar-refractivity contribution < 1.29 is 4.79 Å². The lowest BCUT2D eigenvalue weighted by atomic mass is 10.1. The van der Waals surface area contributed by atoms with Crippen molar-refractivity contribution in [1.29, 1.82) is 0 Å². The Balaban J connectivity index is 1.55. The van der Waals surface area contributed by atoms with Gasteiger partial charge in [-0.15, -0.1) is 11.3 Å². The number of hydrogen-bond acceptors (Lipinski definition) is 6. The van der Waals surface area contributed by atoms with Crippen LogP contribution in [0.25, 0.3) is 11.3 Å². The summed E-state index contributed by atoms with van der Waals surface area (Å²) in [6.07, 6.45) is 0. The Bertz CT molecular complexity index is 1140. The molecule has 2 heterocycles. The zero-order chi connectivity index (χ0) is 20.5. The second-order valence-electron chi connectivity index (χ2n) is 6.49. The largest absolute Gasteiger partial charge is 0.282 e. The van der Waals surface area contributed by atoms with E-state index in [9.17, 15) is 4.79 Å². The van der Waals surface area contributed by atoms with Crippen molar-refractivity contribution in [2.75, 3.05) is 5.01 Å². The molecule has 0 radical (unpaired) electrons. The fourth-order valence-corrected chi connectivity index (χ4v) is 3.96. The zero-order valence-corrected chi connectivity index (χ0v) is 17.8. The van der Waals surface area contributed by atoms with Crippen LogP contribution in [0.5, 0.6) is 0 Å². The normalized spacial score (nSPS) is 16.7. The van der Waals surface area contributed by atoms with E-state index in [1.54, 1.807) is 25.1 Å². The molecule has 0 fully saturated rings. The topological polar surface area (TPSA) is 70.3 Å². The number of benzene rings is 2. The number of anilines is 1. The first-order valence-electron chi connectivity index (χ1n) is 8.70. The highest BCUT2D eigenvalue weighted by atomic mass is 35.5. The number of carbonyl (C=O) groups excluding carboxylic acids is 1. The van der Waals surface area contributed by atoms with E-state index in [4.69, 9.17) is 23.2 Å². The molecule has 0 unspecified atom stereocenters. The molecule has 0 bridgehead atoms. The van der Waals surface area contributed by atoms with Gasteiger partial charge in [0.05, 0.1) is 16.4 Å². The first-order valence-corrected chi connectivity index (χ1v) is 10.3. The van der Waals surface area contributed by atoms with Crippen LogP contribution in [0.1, 0.15) is 12.5 Å². The van der Waals surface area contributed by atoms with Crippen LogP contribution in [0.2, 0.25) is 10.0 Å². The van der Waals surface area contributed by atoms with E-state index >= 15 is 0 Å². The van der Waals surface area contributed by atoms with Crippen molar-refractivity contribution in [2.45, 2.75) is 19.9 Å². The molecule has 4 rings (SSSR count). The molecule has 3 aromatic rings. The van der Waals surface area contributed by atoms with Gasteiger partial charge in [-0.3, -0.25) is 4.79 Å². The van der Waals surface area contributed by atoms with E-state index < -0.39 is 6.04 Å². The van der Waals surface area contributed by atoms with Crippen LogP contribution < -0.4 is 5.01 Å². The highest BCUT2D eigenvalue weighted by molar-refractivity contribution is 7.14. The van der Waals surface area contributed by atoms with Gasteiger partial charge in [0.2, 0.25) is 5.13 Å². The molecule has 0 saturated carbocycles. The van der Waals surface area contributed by atoms with E-state index in [0.717, 1.165) is 11.3 Å². The molecule has 0 spiro atoms. The number of rotatable bonds is 4. The van der Waals surface area contributed by atoms with Gasteiger partial charge in [0.15, 0.2) is 6.04 Å². The van der Waals surface area contributed by atoms with E-state index in [1.807, 2.05) is 36.6 Å². The maximum atomic E-state index is 12.8. The molecule has 0 saturated heterocycles. The van der Waals surface area contributed by atoms with Crippen LogP contribution in [0.3, 0.4) is 0 Å². The maximum Gasteiger partial charge on any atom is 0.282 e. The molecular formula is C20H15Cl2N5OS. The Morgan fingerprint density at radius 3 is 2.59 bits per heavy atom. The fraction of sp³-hybridized carbons (Fsp3) is 0.150. The molecule has 146 valence electrons. The van der Waals surface area contributed by atoms with Crippen molar-refractivity contribution in [3.8, 4) is 11.3 Å². The number of nitrogens with zero attached hydrogens (tertiary/aromatic N) is 5. The van der Waals surface area contributed by atoms with Crippen molar-refractivity contribution in [3.05, 3.63) is 63.5 Å². The summed E-state index contributed by atoms with van der Waals surface area (Å²) in [6.45, 7) is 3.77. The number of aromatic nitrogens is 1. The van der Waals surface area contributed by atoms with Crippen molar-refractivity contribution >= 4 is 57.0 Å². The molecule has 9 heteroatoms. The minimum absolute atomic E-state index is 0.304. The maximum absolute atomic E-state index is 12.8. The molecule has 29 heavy (non-hydrogen) atoms.